The largest absolute Gasteiger partial charge is 0.455 e. The molecule has 2 fully saturated rings. The van der Waals surface area contributed by atoms with Gasteiger partial charge in [-0.3, -0.25) is 4.79 Å². The molecule has 1 aliphatic carbocycles. The van der Waals surface area contributed by atoms with Gasteiger partial charge in [-0.1, -0.05) is 41.9 Å². The summed E-state index contributed by atoms with van der Waals surface area (Å²) in [5.74, 6) is 1.23. The average molecular weight is 529 g/mol. The molecule has 2 aliphatic rings. The van der Waals surface area contributed by atoms with Crippen molar-refractivity contribution in [2.75, 3.05) is 26.8 Å². The number of ether oxygens (including phenoxy) is 2. The van der Waals surface area contributed by atoms with Crippen molar-refractivity contribution in [2.45, 2.75) is 69.9 Å². The molecule has 1 saturated heterocycles. The number of para-hydroxylation sites is 2. The van der Waals surface area contributed by atoms with Gasteiger partial charge in [0.1, 0.15) is 5.75 Å². The number of nitrogens with zero attached hydrogens (tertiary/aromatic N) is 1. The minimum Gasteiger partial charge on any atom is -0.455 e. The van der Waals surface area contributed by atoms with E-state index >= 15 is 0 Å². The van der Waals surface area contributed by atoms with E-state index in [1.54, 1.807) is 13.2 Å². The Balaban J connectivity index is 1.65. The molecule has 1 aliphatic heterocycles. The molecule has 2 aromatic rings. The van der Waals surface area contributed by atoms with Crippen LogP contribution < -0.4 is 10.5 Å². The maximum Gasteiger partial charge on any atom is 0.225 e. The van der Waals surface area contributed by atoms with Crippen molar-refractivity contribution in [1.29, 1.82) is 0 Å². The van der Waals surface area contributed by atoms with Gasteiger partial charge in [0.05, 0.1) is 10.6 Å². The SMILES string of the molecule is COCCCC[C@@](O)(c1cccc(Cl)c1Oc1ccccc1C)[C@@H]1CCCN(C(=O)[C@@H]2CC[C@H](N)C2)C1. The molecule has 6 nitrogen and oxygen atoms in total. The van der Waals surface area contributed by atoms with Crippen molar-refractivity contribution < 1.29 is 19.4 Å². The van der Waals surface area contributed by atoms with Crippen molar-refractivity contribution in [3.63, 3.8) is 0 Å². The molecule has 4 rings (SSSR count). The molecule has 0 spiro atoms. The lowest BCUT2D eigenvalue weighted by atomic mass is 9.73. The summed E-state index contributed by atoms with van der Waals surface area (Å²) in [5, 5.41) is 13.0. The van der Waals surface area contributed by atoms with Gasteiger partial charge in [-0.05, 0) is 76.0 Å². The van der Waals surface area contributed by atoms with Gasteiger partial charge in [-0.2, -0.15) is 0 Å². The topological polar surface area (TPSA) is 85.0 Å². The standard InChI is InChI=1S/C30H41ClN2O4/c1-21-9-3-4-13-27(21)37-28-25(11-7-12-26(28)31)30(35,16-5-6-18-36-2)23-10-8-17-33(20-23)29(34)22-14-15-24(32)19-22/h3-4,7,9,11-13,22-24,35H,5-6,8,10,14-20,32H2,1-2H3/t22-,23-,24+,30+/m1/s1. The van der Waals surface area contributed by atoms with Crippen LogP contribution in [0.25, 0.3) is 0 Å². The molecule has 2 aromatic carbocycles. The molecule has 37 heavy (non-hydrogen) atoms. The van der Waals surface area contributed by atoms with Gasteiger partial charge in [0.25, 0.3) is 0 Å². The first-order valence-electron chi connectivity index (χ1n) is 13.6. The fourth-order valence-electron chi connectivity index (χ4n) is 6.00. The van der Waals surface area contributed by atoms with E-state index in [4.69, 9.17) is 26.8 Å². The average Bonchev–Trinajstić information content (AvgIpc) is 3.34. The molecule has 0 radical (unpaired) electrons. The van der Waals surface area contributed by atoms with E-state index in [-0.39, 0.29) is 23.8 Å². The lowest BCUT2D eigenvalue weighted by Gasteiger charge is -2.44. The molecule has 0 unspecified atom stereocenters. The first-order chi connectivity index (χ1) is 17.8. The van der Waals surface area contributed by atoms with Gasteiger partial charge in [0, 0.05) is 50.2 Å². The highest BCUT2D eigenvalue weighted by Crippen LogP contribution is 2.47. The van der Waals surface area contributed by atoms with Gasteiger partial charge in [0.2, 0.25) is 5.91 Å². The van der Waals surface area contributed by atoms with Crippen molar-refractivity contribution in [1.82, 2.24) is 4.90 Å². The zero-order valence-corrected chi connectivity index (χ0v) is 22.9. The predicted molar refractivity (Wildman–Crippen MR) is 147 cm³/mol. The van der Waals surface area contributed by atoms with Crippen LogP contribution in [0.5, 0.6) is 11.5 Å². The number of methoxy groups -OCH3 is 1. The zero-order chi connectivity index (χ0) is 26.4. The van der Waals surface area contributed by atoms with Crippen LogP contribution in [0.3, 0.4) is 0 Å². The first kappa shape index (κ1) is 27.9. The number of benzene rings is 2. The van der Waals surface area contributed by atoms with E-state index < -0.39 is 5.60 Å². The number of rotatable bonds is 10. The van der Waals surface area contributed by atoms with E-state index in [0.717, 1.165) is 57.1 Å². The van der Waals surface area contributed by atoms with Crippen molar-refractivity contribution >= 4 is 17.5 Å². The summed E-state index contributed by atoms with van der Waals surface area (Å²) in [7, 11) is 1.69. The number of unbranched alkanes of at least 4 members (excludes halogenated alkanes) is 1. The third kappa shape index (κ3) is 6.48. The molecule has 3 N–H and O–H groups in total. The molecule has 1 heterocycles. The lowest BCUT2D eigenvalue weighted by molar-refractivity contribution is -0.141. The number of hydrogen-bond donors (Lipinski definition) is 2. The van der Waals surface area contributed by atoms with Crippen LogP contribution >= 0.6 is 11.6 Å². The molecule has 1 saturated carbocycles. The van der Waals surface area contributed by atoms with Crippen LogP contribution in [-0.4, -0.2) is 48.8 Å². The van der Waals surface area contributed by atoms with Crippen molar-refractivity contribution in [3.05, 3.63) is 58.6 Å². The Kier molecular flexibility index (Phi) is 9.51. The number of aryl methyl sites for hydroxylation is 1. The third-order valence-corrected chi connectivity index (χ3v) is 8.42. The molecule has 0 aromatic heterocycles. The van der Waals surface area contributed by atoms with Crippen LogP contribution in [0.1, 0.15) is 62.5 Å². The molecule has 7 heteroatoms. The summed E-state index contributed by atoms with van der Waals surface area (Å²) >= 11 is 6.71. The summed E-state index contributed by atoms with van der Waals surface area (Å²) in [6.07, 6.45) is 6.33. The highest BCUT2D eigenvalue weighted by atomic mass is 35.5. The Hall–Kier alpha value is -2.12. The number of amides is 1. The van der Waals surface area contributed by atoms with Crippen LogP contribution in [0.15, 0.2) is 42.5 Å². The van der Waals surface area contributed by atoms with Gasteiger partial charge in [0.15, 0.2) is 5.75 Å². The summed E-state index contributed by atoms with van der Waals surface area (Å²) in [5.41, 5.74) is 6.57. The van der Waals surface area contributed by atoms with Crippen LogP contribution in [-0.2, 0) is 15.1 Å². The van der Waals surface area contributed by atoms with Crippen LogP contribution in [0.4, 0.5) is 0 Å². The summed E-state index contributed by atoms with van der Waals surface area (Å²) in [6, 6.07) is 13.5. The minimum atomic E-state index is -1.21. The quantitative estimate of drug-likeness (QED) is 0.380. The second-order valence-corrected chi connectivity index (χ2v) is 11.2. The number of carbonyl (C=O) groups excluding carboxylic acids is 1. The molecule has 0 bridgehead atoms. The number of nitrogens with two attached hydrogens (primary N) is 1. The Morgan fingerprint density at radius 1 is 1.16 bits per heavy atom. The van der Waals surface area contributed by atoms with Crippen molar-refractivity contribution in [2.24, 2.45) is 17.6 Å². The van der Waals surface area contributed by atoms with E-state index in [9.17, 15) is 9.90 Å². The Bertz CT molecular complexity index is 1060. The van der Waals surface area contributed by atoms with Gasteiger partial charge >= 0.3 is 0 Å². The van der Waals surface area contributed by atoms with Crippen LogP contribution in [0, 0.1) is 18.8 Å². The highest BCUT2D eigenvalue weighted by molar-refractivity contribution is 6.32. The maximum atomic E-state index is 13.4. The van der Waals surface area contributed by atoms with Crippen LogP contribution in [0.2, 0.25) is 5.02 Å². The summed E-state index contributed by atoms with van der Waals surface area (Å²) < 4.78 is 11.7. The molecule has 4 atom stereocenters. The molecule has 1 amide bonds. The third-order valence-electron chi connectivity index (χ3n) is 8.13. The van der Waals surface area contributed by atoms with E-state index in [0.29, 0.717) is 41.7 Å². The predicted octanol–water partition coefficient (Wildman–Crippen LogP) is 5.81. The Morgan fingerprint density at radius 2 is 1.97 bits per heavy atom. The number of aliphatic hydroxyl groups is 1. The maximum absolute atomic E-state index is 13.4. The van der Waals surface area contributed by atoms with Gasteiger partial charge in [-0.25, -0.2) is 0 Å². The van der Waals surface area contributed by atoms with Gasteiger partial charge in [-0.15, -0.1) is 0 Å². The number of hydrogen-bond acceptors (Lipinski definition) is 5. The van der Waals surface area contributed by atoms with Gasteiger partial charge < -0.3 is 25.2 Å². The second-order valence-electron chi connectivity index (χ2n) is 10.8. The number of carbonyl (C=O) groups is 1. The summed E-state index contributed by atoms with van der Waals surface area (Å²) in [6.45, 7) is 3.86. The van der Waals surface area contributed by atoms with E-state index in [1.807, 2.05) is 48.2 Å². The lowest BCUT2D eigenvalue weighted by Crippen LogP contribution is -2.49. The zero-order valence-electron chi connectivity index (χ0n) is 22.1. The fraction of sp³-hybridized carbons (Fsp3) is 0.567. The Morgan fingerprint density at radius 3 is 2.70 bits per heavy atom. The monoisotopic (exact) mass is 528 g/mol. The first-order valence-corrected chi connectivity index (χ1v) is 14.0. The number of halogens is 1. The number of likely N-dealkylation sites (tertiary alicyclic amines) is 1. The second kappa shape index (κ2) is 12.6. The fourth-order valence-corrected chi connectivity index (χ4v) is 6.21. The Labute approximate surface area is 226 Å². The van der Waals surface area contributed by atoms with E-state index in [2.05, 4.69) is 0 Å². The van der Waals surface area contributed by atoms with Crippen molar-refractivity contribution in [3.8, 4) is 11.5 Å². The highest BCUT2D eigenvalue weighted by Gasteiger charge is 2.44. The normalized spacial score (nSPS) is 23.6. The molecular weight excluding hydrogens is 488 g/mol. The smallest absolute Gasteiger partial charge is 0.225 e. The molecular formula is C30H41ClN2O4. The summed E-state index contributed by atoms with van der Waals surface area (Å²) in [4.78, 5) is 15.3. The van der Waals surface area contributed by atoms with E-state index in [1.165, 1.54) is 0 Å². The molecule has 202 valence electrons. The minimum absolute atomic E-state index is 0.00494. The number of piperidine rings is 1.